The molecule has 0 bridgehead atoms. The minimum atomic E-state index is -0.554. The second kappa shape index (κ2) is 8.30. The molecular weight excluding hydrogens is 398 g/mol. The van der Waals surface area contributed by atoms with Gasteiger partial charge in [0.25, 0.3) is 5.91 Å². The zero-order chi connectivity index (χ0) is 21.3. The Morgan fingerprint density at radius 1 is 1.06 bits per heavy atom. The normalized spacial score (nSPS) is 26.5. The third-order valence-electron chi connectivity index (χ3n) is 6.80. The van der Waals surface area contributed by atoms with Gasteiger partial charge in [0, 0.05) is 57.6 Å². The van der Waals surface area contributed by atoms with Gasteiger partial charge >= 0.3 is 0 Å². The van der Waals surface area contributed by atoms with Crippen LogP contribution in [0.25, 0.3) is 0 Å². The molecule has 2 aromatic rings. The maximum atomic E-state index is 13.9. The number of likely N-dealkylation sites (tertiary alicyclic amines) is 1. The minimum absolute atomic E-state index is 0.00463. The van der Waals surface area contributed by atoms with E-state index in [2.05, 4.69) is 14.9 Å². The summed E-state index contributed by atoms with van der Waals surface area (Å²) in [6.07, 6.45) is 7.97. The van der Waals surface area contributed by atoms with Gasteiger partial charge < -0.3 is 23.9 Å². The van der Waals surface area contributed by atoms with Gasteiger partial charge in [0.15, 0.2) is 0 Å². The van der Waals surface area contributed by atoms with Gasteiger partial charge in [-0.2, -0.15) is 0 Å². The third kappa shape index (κ3) is 3.67. The zero-order valence-corrected chi connectivity index (χ0v) is 17.5. The van der Waals surface area contributed by atoms with Crippen LogP contribution in [0.5, 0.6) is 0 Å². The highest BCUT2D eigenvalue weighted by molar-refractivity contribution is 5.94. The number of furan rings is 1. The minimum Gasteiger partial charge on any atom is -0.472 e. The van der Waals surface area contributed by atoms with Crippen molar-refractivity contribution in [2.75, 3.05) is 57.4 Å². The van der Waals surface area contributed by atoms with Crippen molar-refractivity contribution in [3.8, 4) is 0 Å². The van der Waals surface area contributed by atoms with E-state index < -0.39 is 5.41 Å². The molecule has 5 heterocycles. The molecule has 9 nitrogen and oxygen atoms in total. The van der Waals surface area contributed by atoms with Gasteiger partial charge in [-0.05, 0) is 25.0 Å². The Labute approximate surface area is 181 Å². The fourth-order valence-corrected chi connectivity index (χ4v) is 5.22. The molecule has 3 aliphatic rings. The Kier molecular flexibility index (Phi) is 5.35. The molecule has 0 aliphatic carbocycles. The summed E-state index contributed by atoms with van der Waals surface area (Å²) in [7, 11) is 0. The van der Waals surface area contributed by atoms with Crippen molar-refractivity contribution >= 4 is 17.8 Å². The first-order valence-electron chi connectivity index (χ1n) is 10.9. The Balaban J connectivity index is 1.45. The number of hydrogen-bond donors (Lipinski definition) is 0. The standard InChI is InChI=1S/C22H27N5O4/c28-19(17-3-10-31-15-17)26-7-1-4-22(20(29)25-8-11-30-12-9-25)16-27(14-18(22)13-26)21-23-5-2-6-24-21/h2-3,5-6,10,15,18H,1,4,7-9,11-14,16H2/t18-,22-/m0/s1. The van der Waals surface area contributed by atoms with Gasteiger partial charge in [-0.3, -0.25) is 9.59 Å². The summed E-state index contributed by atoms with van der Waals surface area (Å²) < 4.78 is 10.6. The molecule has 5 rings (SSSR count). The van der Waals surface area contributed by atoms with Crippen LogP contribution in [0.3, 0.4) is 0 Å². The predicted molar refractivity (Wildman–Crippen MR) is 111 cm³/mol. The quantitative estimate of drug-likeness (QED) is 0.732. The van der Waals surface area contributed by atoms with E-state index in [9.17, 15) is 9.59 Å². The van der Waals surface area contributed by atoms with Gasteiger partial charge in [-0.25, -0.2) is 9.97 Å². The van der Waals surface area contributed by atoms with E-state index in [0.29, 0.717) is 64.0 Å². The summed E-state index contributed by atoms with van der Waals surface area (Å²) in [6.45, 7) is 4.77. The molecule has 3 aliphatic heterocycles. The molecule has 31 heavy (non-hydrogen) atoms. The topological polar surface area (TPSA) is 92.0 Å². The molecule has 0 saturated carbocycles. The van der Waals surface area contributed by atoms with Crippen molar-refractivity contribution in [2.24, 2.45) is 11.3 Å². The summed E-state index contributed by atoms with van der Waals surface area (Å²) in [4.78, 5) is 41.7. The molecular formula is C22H27N5O4. The van der Waals surface area contributed by atoms with E-state index in [0.717, 1.165) is 12.8 Å². The van der Waals surface area contributed by atoms with Crippen molar-refractivity contribution in [3.05, 3.63) is 42.6 Å². The smallest absolute Gasteiger partial charge is 0.257 e. The van der Waals surface area contributed by atoms with Gasteiger partial charge in [-0.15, -0.1) is 0 Å². The Hall–Kier alpha value is -2.94. The number of fused-ring (bicyclic) bond motifs is 1. The average molecular weight is 425 g/mol. The largest absolute Gasteiger partial charge is 0.472 e. The molecule has 9 heteroatoms. The van der Waals surface area contributed by atoms with Crippen LogP contribution in [0.2, 0.25) is 0 Å². The van der Waals surface area contributed by atoms with Gasteiger partial charge in [0.05, 0.1) is 30.5 Å². The van der Waals surface area contributed by atoms with Crippen molar-refractivity contribution in [1.82, 2.24) is 19.8 Å². The number of morpholine rings is 1. The van der Waals surface area contributed by atoms with Gasteiger partial charge in [-0.1, -0.05) is 0 Å². The third-order valence-corrected chi connectivity index (χ3v) is 6.80. The van der Waals surface area contributed by atoms with Crippen LogP contribution < -0.4 is 4.90 Å². The first-order chi connectivity index (χ1) is 15.2. The Morgan fingerprint density at radius 3 is 2.61 bits per heavy atom. The number of amides is 2. The summed E-state index contributed by atoms with van der Waals surface area (Å²) in [6, 6.07) is 3.48. The Bertz CT molecular complexity index is 915. The van der Waals surface area contributed by atoms with Crippen LogP contribution in [0.15, 0.2) is 41.5 Å². The summed E-state index contributed by atoms with van der Waals surface area (Å²) in [5.74, 6) is 0.775. The number of carbonyl (C=O) groups is 2. The number of hydrogen-bond acceptors (Lipinski definition) is 7. The van der Waals surface area contributed by atoms with Crippen molar-refractivity contribution in [2.45, 2.75) is 12.8 Å². The lowest BCUT2D eigenvalue weighted by Gasteiger charge is -2.38. The van der Waals surface area contributed by atoms with Crippen LogP contribution >= 0.6 is 0 Å². The lowest BCUT2D eigenvalue weighted by molar-refractivity contribution is -0.148. The number of ether oxygens (including phenoxy) is 1. The van der Waals surface area contributed by atoms with Crippen LogP contribution in [0.1, 0.15) is 23.2 Å². The summed E-state index contributed by atoms with van der Waals surface area (Å²) in [5, 5.41) is 0. The van der Waals surface area contributed by atoms with E-state index >= 15 is 0 Å². The number of nitrogens with zero attached hydrogens (tertiary/aromatic N) is 5. The summed E-state index contributed by atoms with van der Waals surface area (Å²) >= 11 is 0. The van der Waals surface area contributed by atoms with Crippen molar-refractivity contribution in [1.29, 1.82) is 0 Å². The lowest BCUT2D eigenvalue weighted by Crippen LogP contribution is -2.53. The molecule has 2 aromatic heterocycles. The van der Waals surface area contributed by atoms with Crippen LogP contribution in [0.4, 0.5) is 5.95 Å². The average Bonchev–Trinajstić information content (AvgIpc) is 3.45. The zero-order valence-electron chi connectivity index (χ0n) is 17.5. The van der Waals surface area contributed by atoms with Crippen LogP contribution in [0, 0.1) is 11.3 Å². The van der Waals surface area contributed by atoms with E-state index in [1.807, 2.05) is 9.80 Å². The number of rotatable bonds is 3. The molecule has 0 spiro atoms. The first-order valence-corrected chi connectivity index (χ1v) is 10.9. The first kappa shape index (κ1) is 20.0. The summed E-state index contributed by atoms with van der Waals surface area (Å²) in [5.41, 5.74) is -0.00430. The fraction of sp³-hybridized carbons (Fsp3) is 0.545. The number of anilines is 1. The highest BCUT2D eigenvalue weighted by Gasteiger charge is 2.55. The maximum absolute atomic E-state index is 13.9. The highest BCUT2D eigenvalue weighted by Crippen LogP contribution is 2.45. The van der Waals surface area contributed by atoms with Crippen LogP contribution in [-0.2, 0) is 9.53 Å². The molecule has 0 unspecified atom stereocenters. The molecule has 3 saturated heterocycles. The molecule has 2 amide bonds. The van der Waals surface area contributed by atoms with Crippen LogP contribution in [-0.4, -0.2) is 84.1 Å². The van der Waals surface area contributed by atoms with E-state index in [4.69, 9.17) is 9.15 Å². The molecule has 0 N–H and O–H groups in total. The molecule has 2 atom stereocenters. The molecule has 0 radical (unpaired) electrons. The van der Waals surface area contributed by atoms with E-state index in [-0.39, 0.29) is 17.7 Å². The maximum Gasteiger partial charge on any atom is 0.257 e. The fourth-order valence-electron chi connectivity index (χ4n) is 5.22. The molecule has 164 valence electrons. The van der Waals surface area contributed by atoms with Crippen molar-refractivity contribution < 1.29 is 18.7 Å². The number of aromatic nitrogens is 2. The number of carbonyl (C=O) groups excluding carboxylic acids is 2. The predicted octanol–water partition coefficient (Wildman–Crippen LogP) is 1.29. The monoisotopic (exact) mass is 425 g/mol. The molecule has 0 aromatic carbocycles. The lowest BCUT2D eigenvalue weighted by atomic mass is 9.73. The second-order valence-electron chi connectivity index (χ2n) is 8.55. The van der Waals surface area contributed by atoms with Crippen molar-refractivity contribution in [3.63, 3.8) is 0 Å². The van der Waals surface area contributed by atoms with E-state index in [1.165, 1.54) is 12.5 Å². The molecule has 3 fully saturated rings. The SMILES string of the molecule is O=C(c1ccoc1)N1CCC[C@]2(C(=O)N3CCOCC3)CN(c3ncccn3)C[C@@H]2C1. The van der Waals surface area contributed by atoms with Gasteiger partial charge in [0.2, 0.25) is 11.9 Å². The highest BCUT2D eigenvalue weighted by atomic mass is 16.5. The second-order valence-corrected chi connectivity index (χ2v) is 8.55. The Morgan fingerprint density at radius 2 is 1.87 bits per heavy atom. The van der Waals surface area contributed by atoms with Gasteiger partial charge in [0.1, 0.15) is 6.26 Å². The van der Waals surface area contributed by atoms with E-state index in [1.54, 1.807) is 24.5 Å².